The summed E-state index contributed by atoms with van der Waals surface area (Å²) in [4.78, 5) is 24.3. The number of aliphatic hydroxyl groups is 1. The van der Waals surface area contributed by atoms with Gasteiger partial charge in [0.2, 0.25) is 0 Å². The highest BCUT2D eigenvalue weighted by atomic mass is 16.5. The van der Waals surface area contributed by atoms with Crippen molar-refractivity contribution in [3.8, 4) is 11.5 Å². The molecule has 25 heavy (non-hydrogen) atoms. The van der Waals surface area contributed by atoms with Crippen molar-refractivity contribution in [3.63, 3.8) is 0 Å². The zero-order valence-electron chi connectivity index (χ0n) is 14.6. The number of piperazine rings is 1. The van der Waals surface area contributed by atoms with Crippen LogP contribution in [0.2, 0.25) is 0 Å². The lowest BCUT2D eigenvalue weighted by molar-refractivity contribution is 0.107. The number of hydrogen-bond donors (Lipinski definition) is 2. The van der Waals surface area contributed by atoms with Gasteiger partial charge < -0.3 is 19.6 Å². The van der Waals surface area contributed by atoms with Crippen LogP contribution in [0.4, 0.5) is 0 Å². The van der Waals surface area contributed by atoms with E-state index < -0.39 is 0 Å². The second kappa shape index (κ2) is 7.81. The van der Waals surface area contributed by atoms with E-state index in [1.165, 1.54) is 7.11 Å². The Morgan fingerprint density at radius 2 is 1.76 bits per heavy atom. The number of ether oxygens (including phenoxy) is 2. The standard InChI is InChI=1S/C17H24N4O4/c1-24-14-9-12-13(10-15(14)25-2)18-16(19-17(12)23)11-21-5-3-20(4-6-21)7-8-22/h9-10,22H,3-8,11H2,1-2H3,(H,18,19,23). The van der Waals surface area contributed by atoms with Gasteiger partial charge in [0.1, 0.15) is 5.82 Å². The summed E-state index contributed by atoms with van der Waals surface area (Å²) >= 11 is 0. The monoisotopic (exact) mass is 348 g/mol. The minimum Gasteiger partial charge on any atom is -0.493 e. The number of nitrogens with zero attached hydrogens (tertiary/aromatic N) is 3. The van der Waals surface area contributed by atoms with Crippen LogP contribution in [-0.2, 0) is 6.54 Å². The Hall–Kier alpha value is -2.16. The number of β-amino-alcohol motifs (C(OH)–C–C–N with tert-alkyl or cyclic N) is 1. The van der Waals surface area contributed by atoms with Gasteiger partial charge in [0.15, 0.2) is 11.5 Å². The molecule has 8 nitrogen and oxygen atoms in total. The van der Waals surface area contributed by atoms with Gasteiger partial charge in [-0.1, -0.05) is 0 Å². The van der Waals surface area contributed by atoms with Crippen LogP contribution < -0.4 is 15.0 Å². The van der Waals surface area contributed by atoms with E-state index in [9.17, 15) is 4.79 Å². The molecule has 1 aliphatic heterocycles. The van der Waals surface area contributed by atoms with E-state index in [4.69, 9.17) is 14.6 Å². The van der Waals surface area contributed by atoms with Crippen LogP contribution in [0.15, 0.2) is 16.9 Å². The number of benzene rings is 1. The highest BCUT2D eigenvalue weighted by Gasteiger charge is 2.18. The Balaban J connectivity index is 1.80. The molecule has 0 atom stereocenters. The van der Waals surface area contributed by atoms with E-state index in [-0.39, 0.29) is 12.2 Å². The van der Waals surface area contributed by atoms with Crippen molar-refractivity contribution >= 4 is 10.9 Å². The number of H-pyrrole nitrogens is 1. The molecule has 2 aromatic rings. The van der Waals surface area contributed by atoms with Crippen LogP contribution in [-0.4, -0.2) is 78.4 Å². The van der Waals surface area contributed by atoms with E-state index in [2.05, 4.69) is 19.8 Å². The van der Waals surface area contributed by atoms with Gasteiger partial charge in [0, 0.05) is 38.8 Å². The fraction of sp³-hybridized carbons (Fsp3) is 0.529. The molecule has 1 aromatic heterocycles. The summed E-state index contributed by atoms with van der Waals surface area (Å²) in [6.07, 6.45) is 0. The van der Waals surface area contributed by atoms with E-state index >= 15 is 0 Å². The number of hydrogen-bond acceptors (Lipinski definition) is 7. The third kappa shape index (κ3) is 3.92. The molecule has 0 saturated carbocycles. The first-order valence-corrected chi connectivity index (χ1v) is 8.35. The lowest BCUT2D eigenvalue weighted by Crippen LogP contribution is -2.46. The molecule has 0 spiro atoms. The smallest absolute Gasteiger partial charge is 0.258 e. The van der Waals surface area contributed by atoms with E-state index in [0.717, 1.165) is 26.2 Å². The number of rotatable bonds is 6. The maximum Gasteiger partial charge on any atom is 0.258 e. The summed E-state index contributed by atoms with van der Waals surface area (Å²) in [5, 5.41) is 9.49. The first kappa shape index (κ1) is 17.7. The lowest BCUT2D eigenvalue weighted by Gasteiger charge is -2.33. The fourth-order valence-electron chi connectivity index (χ4n) is 3.11. The summed E-state index contributed by atoms with van der Waals surface area (Å²) in [6.45, 7) is 5.06. The van der Waals surface area contributed by atoms with E-state index in [1.807, 2.05) is 0 Å². The predicted molar refractivity (Wildman–Crippen MR) is 94.3 cm³/mol. The van der Waals surface area contributed by atoms with Crippen LogP contribution in [0.3, 0.4) is 0 Å². The zero-order valence-corrected chi connectivity index (χ0v) is 14.6. The van der Waals surface area contributed by atoms with Gasteiger partial charge in [-0.3, -0.25) is 14.6 Å². The number of methoxy groups -OCH3 is 2. The molecule has 0 bridgehead atoms. The quantitative estimate of drug-likeness (QED) is 0.762. The molecule has 1 aliphatic rings. The number of aromatic nitrogens is 2. The molecule has 2 N–H and O–H groups in total. The second-order valence-corrected chi connectivity index (χ2v) is 6.08. The van der Waals surface area contributed by atoms with Crippen molar-refractivity contribution in [2.75, 3.05) is 53.6 Å². The summed E-state index contributed by atoms with van der Waals surface area (Å²) in [5.41, 5.74) is 0.412. The van der Waals surface area contributed by atoms with E-state index in [0.29, 0.717) is 41.3 Å². The molecule has 1 fully saturated rings. The summed E-state index contributed by atoms with van der Waals surface area (Å²) in [7, 11) is 3.10. The van der Waals surface area contributed by atoms with E-state index in [1.54, 1.807) is 19.2 Å². The predicted octanol–water partition coefficient (Wildman–Crippen LogP) is 0.0502. The van der Waals surface area contributed by atoms with Crippen molar-refractivity contribution in [3.05, 3.63) is 28.3 Å². The zero-order chi connectivity index (χ0) is 17.8. The van der Waals surface area contributed by atoms with Crippen molar-refractivity contribution < 1.29 is 14.6 Å². The fourth-order valence-corrected chi connectivity index (χ4v) is 3.11. The Labute approximate surface area is 146 Å². The molecular formula is C17H24N4O4. The van der Waals surface area contributed by atoms with Crippen LogP contribution in [0.25, 0.3) is 10.9 Å². The van der Waals surface area contributed by atoms with Crippen molar-refractivity contribution in [1.29, 1.82) is 0 Å². The minimum atomic E-state index is -0.181. The first-order chi connectivity index (χ1) is 12.1. The second-order valence-electron chi connectivity index (χ2n) is 6.08. The highest BCUT2D eigenvalue weighted by molar-refractivity contribution is 5.81. The average molecular weight is 348 g/mol. The van der Waals surface area contributed by atoms with Crippen LogP contribution >= 0.6 is 0 Å². The van der Waals surface area contributed by atoms with Gasteiger partial charge >= 0.3 is 0 Å². The molecule has 0 unspecified atom stereocenters. The van der Waals surface area contributed by atoms with Gasteiger partial charge in [0.05, 0.1) is 38.3 Å². The third-order valence-electron chi connectivity index (χ3n) is 4.51. The van der Waals surface area contributed by atoms with Crippen molar-refractivity contribution in [2.45, 2.75) is 6.54 Å². The molecule has 136 valence electrons. The molecular weight excluding hydrogens is 324 g/mol. The Morgan fingerprint density at radius 1 is 1.12 bits per heavy atom. The Morgan fingerprint density at radius 3 is 2.40 bits per heavy atom. The molecule has 3 rings (SSSR count). The molecule has 0 aliphatic carbocycles. The first-order valence-electron chi connectivity index (χ1n) is 8.35. The third-order valence-corrected chi connectivity index (χ3v) is 4.51. The summed E-state index contributed by atoms with van der Waals surface area (Å²) < 4.78 is 10.5. The van der Waals surface area contributed by atoms with Gasteiger partial charge in [-0.15, -0.1) is 0 Å². The average Bonchev–Trinajstić information content (AvgIpc) is 2.62. The summed E-state index contributed by atoms with van der Waals surface area (Å²) in [6, 6.07) is 3.38. The molecule has 1 aromatic carbocycles. The Bertz CT molecular complexity index is 784. The van der Waals surface area contributed by atoms with Gasteiger partial charge in [-0.25, -0.2) is 4.98 Å². The molecule has 1 saturated heterocycles. The van der Waals surface area contributed by atoms with Crippen molar-refractivity contribution in [2.24, 2.45) is 0 Å². The molecule has 2 heterocycles. The highest BCUT2D eigenvalue weighted by Crippen LogP contribution is 2.29. The SMILES string of the molecule is COc1cc2nc(CN3CCN(CCO)CC3)[nH]c(=O)c2cc1OC. The van der Waals surface area contributed by atoms with Crippen molar-refractivity contribution in [1.82, 2.24) is 19.8 Å². The van der Waals surface area contributed by atoms with Crippen LogP contribution in [0.5, 0.6) is 11.5 Å². The maximum atomic E-state index is 12.4. The van der Waals surface area contributed by atoms with Gasteiger partial charge in [-0.05, 0) is 6.07 Å². The van der Waals surface area contributed by atoms with Gasteiger partial charge in [-0.2, -0.15) is 0 Å². The van der Waals surface area contributed by atoms with Crippen LogP contribution in [0, 0.1) is 0 Å². The number of aromatic amines is 1. The Kier molecular flexibility index (Phi) is 5.52. The summed E-state index contributed by atoms with van der Waals surface area (Å²) in [5.74, 6) is 1.70. The largest absolute Gasteiger partial charge is 0.493 e. The van der Waals surface area contributed by atoms with Crippen LogP contribution in [0.1, 0.15) is 5.82 Å². The number of aliphatic hydroxyl groups excluding tert-OH is 1. The number of fused-ring (bicyclic) bond motifs is 1. The topological polar surface area (TPSA) is 90.9 Å². The number of nitrogens with one attached hydrogen (secondary N) is 1. The molecule has 0 radical (unpaired) electrons. The minimum absolute atomic E-state index is 0.181. The van der Waals surface area contributed by atoms with Gasteiger partial charge in [0.25, 0.3) is 5.56 Å². The maximum absolute atomic E-state index is 12.4. The molecule has 8 heteroatoms. The lowest BCUT2D eigenvalue weighted by atomic mass is 10.2. The molecule has 0 amide bonds. The normalized spacial score (nSPS) is 16.3.